The third kappa shape index (κ3) is 5.37. The van der Waals surface area contributed by atoms with Crippen LogP contribution < -0.4 is 0 Å². The lowest BCUT2D eigenvalue weighted by atomic mass is 9.89. The molecule has 12 heteroatoms. The van der Waals surface area contributed by atoms with E-state index >= 15 is 0 Å². The van der Waals surface area contributed by atoms with Crippen LogP contribution in [-0.2, 0) is 15.1 Å². The monoisotopic (exact) mass is 525 g/mol. The molecule has 1 saturated heterocycles. The first-order valence-electron chi connectivity index (χ1n) is 10.5. The smallest absolute Gasteiger partial charge is 0.430 e. The van der Waals surface area contributed by atoms with Gasteiger partial charge in [-0.3, -0.25) is 0 Å². The van der Waals surface area contributed by atoms with E-state index in [2.05, 4.69) is 0 Å². The molecule has 35 heavy (non-hydrogen) atoms. The molecular weight excluding hydrogens is 503 g/mol. The lowest BCUT2D eigenvalue weighted by Gasteiger charge is -2.34. The second-order valence-electron chi connectivity index (χ2n) is 8.44. The summed E-state index contributed by atoms with van der Waals surface area (Å²) in [7, 11) is 0. The highest BCUT2D eigenvalue weighted by atomic mass is 32.2. The summed E-state index contributed by atoms with van der Waals surface area (Å²) < 4.78 is 97.2. The number of hydrogen-bond acceptors (Lipinski definition) is 4. The molecule has 1 unspecified atom stereocenters. The molecule has 1 aliphatic heterocycles. The number of nitrogens with zero attached hydrogens (tertiary/aromatic N) is 1. The van der Waals surface area contributed by atoms with E-state index in [9.17, 15) is 40.6 Å². The number of aliphatic hydroxyl groups is 1. The highest BCUT2D eigenvalue weighted by Gasteiger charge is 2.71. The van der Waals surface area contributed by atoms with Crippen LogP contribution >= 0.6 is 11.8 Å². The summed E-state index contributed by atoms with van der Waals surface area (Å²) in [6, 6.07) is 8.71. The zero-order chi connectivity index (χ0) is 26.2. The minimum absolute atomic E-state index is 0.0444. The lowest BCUT2D eigenvalue weighted by Crippen LogP contribution is -2.53. The number of benzene rings is 2. The fourth-order valence-electron chi connectivity index (χ4n) is 3.82. The van der Waals surface area contributed by atoms with Crippen LogP contribution in [0.5, 0.6) is 0 Å². The van der Waals surface area contributed by atoms with Crippen LogP contribution in [0.2, 0.25) is 0 Å². The number of amides is 1. The summed E-state index contributed by atoms with van der Waals surface area (Å²) in [5.74, 6) is -0.486. The van der Waals surface area contributed by atoms with Gasteiger partial charge in [0.1, 0.15) is 5.82 Å². The van der Waals surface area contributed by atoms with Crippen molar-refractivity contribution in [2.75, 3.05) is 13.1 Å². The van der Waals surface area contributed by atoms with Gasteiger partial charge in [-0.05, 0) is 50.1 Å². The molecule has 2 aromatic carbocycles. The third-order valence-electron chi connectivity index (χ3n) is 5.60. The summed E-state index contributed by atoms with van der Waals surface area (Å²) >= 11 is 1.20. The zero-order valence-corrected chi connectivity index (χ0v) is 19.4. The normalized spacial score (nSPS) is 19.3. The molecule has 1 fully saturated rings. The van der Waals surface area contributed by atoms with Gasteiger partial charge in [0.05, 0.1) is 10.9 Å². The van der Waals surface area contributed by atoms with E-state index in [0.717, 1.165) is 12.1 Å². The molecule has 0 aliphatic carbocycles. The Kier molecular flexibility index (Phi) is 7.39. The number of hydrogen-bond donors (Lipinski definition) is 1. The molecule has 4 nitrogen and oxygen atoms in total. The van der Waals surface area contributed by atoms with Crippen molar-refractivity contribution in [3.63, 3.8) is 0 Å². The number of rotatable bonds is 5. The molecule has 192 valence electrons. The first kappa shape index (κ1) is 27.1. The molecule has 1 N–H and O–H groups in total. The molecule has 0 saturated carbocycles. The number of likely N-dealkylation sites (tertiary alicyclic amines) is 1. The zero-order valence-electron chi connectivity index (χ0n) is 18.6. The van der Waals surface area contributed by atoms with E-state index in [1.165, 1.54) is 40.9 Å². The molecule has 2 aromatic rings. The van der Waals surface area contributed by atoms with Crippen molar-refractivity contribution < 1.29 is 45.4 Å². The average Bonchev–Trinajstić information content (AvgIpc) is 3.18. The Morgan fingerprint density at radius 3 is 2.03 bits per heavy atom. The SMILES string of the molecule is CC(C)OC(=O)N1CCC(Sc2ccc(F)cc2)(c2ccc(C(O)(C(F)(F)F)C(F)(F)F)cc2)C1. The maximum atomic E-state index is 13.4. The van der Waals surface area contributed by atoms with Crippen LogP contribution in [0.1, 0.15) is 31.4 Å². The average molecular weight is 525 g/mol. The van der Waals surface area contributed by atoms with E-state index in [4.69, 9.17) is 4.74 Å². The highest BCUT2D eigenvalue weighted by molar-refractivity contribution is 8.00. The van der Waals surface area contributed by atoms with Crippen molar-refractivity contribution in [1.82, 2.24) is 4.90 Å². The molecule has 0 bridgehead atoms. The number of carbonyl (C=O) groups excluding carboxylic acids is 1. The molecular formula is C23H22F7NO3S. The van der Waals surface area contributed by atoms with Gasteiger partial charge in [-0.1, -0.05) is 24.3 Å². The van der Waals surface area contributed by atoms with Gasteiger partial charge in [0.15, 0.2) is 0 Å². The Balaban J connectivity index is 2.01. The van der Waals surface area contributed by atoms with Crippen LogP contribution in [0.25, 0.3) is 0 Å². The highest BCUT2D eigenvalue weighted by Crippen LogP contribution is 2.52. The van der Waals surface area contributed by atoms with Gasteiger partial charge >= 0.3 is 18.4 Å². The minimum atomic E-state index is -6.00. The van der Waals surface area contributed by atoms with E-state index < -0.39 is 46.3 Å². The Bertz CT molecular complexity index is 1030. The Morgan fingerprint density at radius 2 is 1.54 bits per heavy atom. The summed E-state index contributed by atoms with van der Waals surface area (Å²) in [6.07, 6.45) is -12.7. The lowest BCUT2D eigenvalue weighted by molar-refractivity contribution is -0.376. The molecule has 1 atom stereocenters. The number of halogens is 7. The van der Waals surface area contributed by atoms with E-state index in [-0.39, 0.29) is 13.1 Å². The molecule has 1 heterocycles. The van der Waals surface area contributed by atoms with E-state index in [0.29, 0.717) is 29.0 Å². The molecule has 3 rings (SSSR count). The van der Waals surface area contributed by atoms with Crippen molar-refractivity contribution in [3.8, 4) is 0 Å². The van der Waals surface area contributed by atoms with E-state index in [1.54, 1.807) is 13.8 Å². The number of alkyl halides is 6. The van der Waals surface area contributed by atoms with Crippen LogP contribution in [0, 0.1) is 5.82 Å². The standard InChI is InChI=1S/C23H22F7NO3S/c1-14(2)34-19(32)31-12-11-20(13-31,35-18-9-7-17(24)8-10-18)15-3-5-16(6-4-15)21(33,22(25,26)27)23(28,29)30/h3-10,14,33H,11-13H2,1-2H3. The summed E-state index contributed by atoms with van der Waals surface area (Å²) in [5, 5.41) is 9.68. The molecule has 0 radical (unpaired) electrons. The van der Waals surface area contributed by atoms with Crippen LogP contribution in [-0.4, -0.2) is 47.6 Å². The minimum Gasteiger partial charge on any atom is -0.447 e. The van der Waals surface area contributed by atoms with Gasteiger partial charge in [-0.15, -0.1) is 11.8 Å². The summed E-state index contributed by atoms with van der Waals surface area (Å²) in [6.45, 7) is 3.59. The fraction of sp³-hybridized carbons (Fsp3) is 0.435. The second-order valence-corrected chi connectivity index (χ2v) is 9.89. The fourth-order valence-corrected chi connectivity index (χ4v) is 5.21. The molecule has 0 aromatic heterocycles. The van der Waals surface area contributed by atoms with Crippen molar-refractivity contribution >= 4 is 17.9 Å². The van der Waals surface area contributed by atoms with Crippen LogP contribution in [0.4, 0.5) is 35.5 Å². The van der Waals surface area contributed by atoms with Crippen molar-refractivity contribution in [3.05, 3.63) is 65.5 Å². The first-order chi connectivity index (χ1) is 16.1. The Morgan fingerprint density at radius 1 is 1.00 bits per heavy atom. The quantitative estimate of drug-likeness (QED) is 0.461. The van der Waals surface area contributed by atoms with Crippen LogP contribution in [0.15, 0.2) is 53.4 Å². The molecule has 0 spiro atoms. The van der Waals surface area contributed by atoms with Gasteiger partial charge in [0.25, 0.3) is 5.60 Å². The molecule has 1 amide bonds. The van der Waals surface area contributed by atoms with Gasteiger partial charge in [-0.2, -0.15) is 26.3 Å². The predicted octanol–water partition coefficient (Wildman–Crippen LogP) is 6.38. The van der Waals surface area contributed by atoms with Crippen molar-refractivity contribution in [2.45, 2.75) is 54.0 Å². The maximum absolute atomic E-state index is 13.4. The van der Waals surface area contributed by atoms with Gasteiger partial charge in [0.2, 0.25) is 0 Å². The number of thioether (sulfide) groups is 1. The van der Waals surface area contributed by atoms with Crippen LogP contribution in [0.3, 0.4) is 0 Å². The first-order valence-corrected chi connectivity index (χ1v) is 11.3. The number of ether oxygens (including phenoxy) is 1. The van der Waals surface area contributed by atoms with Crippen molar-refractivity contribution in [2.24, 2.45) is 0 Å². The Labute approximate surface area is 201 Å². The molecule has 1 aliphatic rings. The van der Waals surface area contributed by atoms with Gasteiger partial charge in [0, 0.05) is 23.5 Å². The number of carbonyl (C=O) groups is 1. The summed E-state index contributed by atoms with van der Waals surface area (Å²) in [5.41, 5.74) is -6.09. The van der Waals surface area contributed by atoms with Gasteiger partial charge in [-0.25, -0.2) is 9.18 Å². The maximum Gasteiger partial charge on any atom is 0.430 e. The largest absolute Gasteiger partial charge is 0.447 e. The van der Waals surface area contributed by atoms with E-state index in [1.807, 2.05) is 0 Å². The Hall–Kier alpha value is -2.47. The van der Waals surface area contributed by atoms with Crippen molar-refractivity contribution in [1.29, 1.82) is 0 Å². The third-order valence-corrected chi connectivity index (χ3v) is 7.07. The topological polar surface area (TPSA) is 49.8 Å². The van der Waals surface area contributed by atoms with Gasteiger partial charge < -0.3 is 14.7 Å². The predicted molar refractivity (Wildman–Crippen MR) is 114 cm³/mol. The summed E-state index contributed by atoms with van der Waals surface area (Å²) in [4.78, 5) is 14.4. The second kappa shape index (κ2) is 9.53.